The van der Waals surface area contributed by atoms with Gasteiger partial charge in [0.15, 0.2) is 0 Å². The Bertz CT molecular complexity index is 568. The third kappa shape index (κ3) is 2.01. The molecule has 1 N–H and O–H groups in total. The first-order chi connectivity index (χ1) is 9.68. The average Bonchev–Trinajstić information content (AvgIpc) is 2.74. The highest BCUT2D eigenvalue weighted by atomic mass is 16.2. The Hall–Kier alpha value is -2.43. The largest absolute Gasteiger partial charge is 0.272 e. The molecule has 102 valence electrons. The summed E-state index contributed by atoms with van der Waals surface area (Å²) < 4.78 is 0. The monoisotopic (exact) mass is 270 g/mol. The lowest BCUT2D eigenvalue weighted by atomic mass is 9.85. The number of allylic oxidation sites excluding steroid dienone is 2. The van der Waals surface area contributed by atoms with Crippen LogP contribution in [0.15, 0.2) is 42.5 Å². The fourth-order valence-electron chi connectivity index (χ4n) is 2.67. The number of amides is 3. The van der Waals surface area contributed by atoms with Crippen molar-refractivity contribution in [1.82, 2.24) is 10.4 Å². The Morgan fingerprint density at radius 1 is 1.00 bits per heavy atom. The fourth-order valence-corrected chi connectivity index (χ4v) is 2.67. The maximum Gasteiger partial charge on any atom is 0.270 e. The molecule has 2 aliphatic rings. The number of rotatable bonds is 2. The molecular formula is C15H14N2O3. The molecule has 0 radical (unpaired) electrons. The molecule has 1 aliphatic carbocycles. The second-order valence-corrected chi connectivity index (χ2v) is 4.97. The molecule has 1 aromatic carbocycles. The van der Waals surface area contributed by atoms with Gasteiger partial charge in [-0.1, -0.05) is 30.4 Å². The number of carbonyl (C=O) groups is 3. The highest BCUT2D eigenvalue weighted by Gasteiger charge is 2.48. The Kier molecular flexibility index (Phi) is 3.10. The van der Waals surface area contributed by atoms with E-state index in [1.807, 2.05) is 12.2 Å². The van der Waals surface area contributed by atoms with Crippen molar-refractivity contribution in [2.45, 2.75) is 12.8 Å². The summed E-state index contributed by atoms with van der Waals surface area (Å²) in [6, 6.07) is 8.52. The molecule has 5 heteroatoms. The van der Waals surface area contributed by atoms with Crippen LogP contribution in [0.4, 0.5) is 0 Å². The van der Waals surface area contributed by atoms with Gasteiger partial charge in [-0.15, -0.1) is 0 Å². The van der Waals surface area contributed by atoms with Crippen molar-refractivity contribution in [3.63, 3.8) is 0 Å². The zero-order valence-electron chi connectivity index (χ0n) is 10.8. The molecule has 5 nitrogen and oxygen atoms in total. The zero-order chi connectivity index (χ0) is 14.1. The van der Waals surface area contributed by atoms with Crippen LogP contribution < -0.4 is 5.43 Å². The molecular weight excluding hydrogens is 256 g/mol. The van der Waals surface area contributed by atoms with Crippen molar-refractivity contribution in [2.24, 2.45) is 11.8 Å². The molecule has 0 aromatic heterocycles. The molecule has 1 aromatic rings. The third-order valence-electron chi connectivity index (χ3n) is 3.76. The van der Waals surface area contributed by atoms with Crippen LogP contribution in [0.3, 0.4) is 0 Å². The molecule has 0 saturated carbocycles. The van der Waals surface area contributed by atoms with Crippen LogP contribution >= 0.6 is 0 Å². The van der Waals surface area contributed by atoms with Gasteiger partial charge in [-0.2, -0.15) is 5.01 Å². The summed E-state index contributed by atoms with van der Waals surface area (Å²) in [5.74, 6) is -1.73. The lowest BCUT2D eigenvalue weighted by molar-refractivity contribution is -0.142. The van der Waals surface area contributed by atoms with Crippen molar-refractivity contribution >= 4 is 17.7 Å². The normalized spacial score (nSPS) is 24.7. The fraction of sp³-hybridized carbons (Fsp3) is 0.267. The van der Waals surface area contributed by atoms with Gasteiger partial charge in [0.2, 0.25) is 0 Å². The van der Waals surface area contributed by atoms with Gasteiger partial charge in [0.05, 0.1) is 11.8 Å². The standard InChI is InChI=1S/C15H14N2O3/c18-13(10-6-2-1-3-7-10)16-17-14(19)11-8-4-5-9-12(11)15(17)20/h1-7,11-12H,8-9H2,(H,16,18)/t11-,12-/m0/s1. The molecule has 0 spiro atoms. The van der Waals surface area contributed by atoms with Crippen molar-refractivity contribution < 1.29 is 14.4 Å². The number of benzene rings is 1. The van der Waals surface area contributed by atoms with E-state index in [2.05, 4.69) is 5.43 Å². The van der Waals surface area contributed by atoms with E-state index < -0.39 is 5.91 Å². The van der Waals surface area contributed by atoms with E-state index in [0.717, 1.165) is 5.01 Å². The first-order valence-corrected chi connectivity index (χ1v) is 6.57. The van der Waals surface area contributed by atoms with Gasteiger partial charge in [-0.3, -0.25) is 19.8 Å². The van der Waals surface area contributed by atoms with E-state index in [-0.39, 0.29) is 23.7 Å². The van der Waals surface area contributed by atoms with Crippen LogP contribution in [0.5, 0.6) is 0 Å². The first-order valence-electron chi connectivity index (χ1n) is 6.57. The van der Waals surface area contributed by atoms with Crippen LogP contribution in [-0.4, -0.2) is 22.7 Å². The Labute approximate surface area is 116 Å². The minimum Gasteiger partial charge on any atom is -0.272 e. The number of imide groups is 1. The second kappa shape index (κ2) is 4.92. The molecule has 3 amide bonds. The SMILES string of the molecule is O=C(NN1C(=O)[C@H]2CC=CC[C@@H]2C1=O)c1ccccc1. The van der Waals surface area contributed by atoms with Crippen molar-refractivity contribution in [3.8, 4) is 0 Å². The number of hydrazine groups is 1. The molecule has 1 saturated heterocycles. The van der Waals surface area contributed by atoms with Crippen LogP contribution in [0.1, 0.15) is 23.2 Å². The first kappa shape index (κ1) is 12.6. The summed E-state index contributed by atoms with van der Waals surface area (Å²) in [5, 5.41) is 0.887. The number of fused-ring (bicyclic) bond motifs is 1. The smallest absolute Gasteiger partial charge is 0.270 e. The van der Waals surface area contributed by atoms with E-state index in [1.54, 1.807) is 30.3 Å². The van der Waals surface area contributed by atoms with E-state index in [9.17, 15) is 14.4 Å². The highest BCUT2D eigenvalue weighted by molar-refractivity contribution is 6.07. The predicted molar refractivity (Wildman–Crippen MR) is 71.1 cm³/mol. The lowest BCUT2D eigenvalue weighted by Gasteiger charge is -2.15. The second-order valence-electron chi connectivity index (χ2n) is 4.97. The average molecular weight is 270 g/mol. The minimum absolute atomic E-state index is 0.311. The molecule has 3 rings (SSSR count). The van der Waals surface area contributed by atoms with Gasteiger partial charge in [-0.25, -0.2) is 0 Å². The Morgan fingerprint density at radius 3 is 2.10 bits per heavy atom. The van der Waals surface area contributed by atoms with E-state index >= 15 is 0 Å². The van der Waals surface area contributed by atoms with E-state index in [4.69, 9.17) is 0 Å². The van der Waals surface area contributed by atoms with Gasteiger partial charge < -0.3 is 0 Å². The van der Waals surface area contributed by atoms with Crippen LogP contribution in [-0.2, 0) is 9.59 Å². The summed E-state index contributed by atoms with van der Waals surface area (Å²) >= 11 is 0. The third-order valence-corrected chi connectivity index (χ3v) is 3.76. The molecule has 1 fully saturated rings. The van der Waals surface area contributed by atoms with Crippen molar-refractivity contribution in [3.05, 3.63) is 48.0 Å². The quantitative estimate of drug-likeness (QED) is 0.650. The molecule has 0 bridgehead atoms. The summed E-state index contributed by atoms with van der Waals surface area (Å²) in [6.07, 6.45) is 4.95. The van der Waals surface area contributed by atoms with Crippen LogP contribution in [0, 0.1) is 11.8 Å². The van der Waals surface area contributed by atoms with Gasteiger partial charge >= 0.3 is 0 Å². The summed E-state index contributed by atoms with van der Waals surface area (Å²) in [4.78, 5) is 36.4. The number of nitrogens with zero attached hydrogens (tertiary/aromatic N) is 1. The van der Waals surface area contributed by atoms with Gasteiger partial charge in [-0.05, 0) is 25.0 Å². The summed E-state index contributed by atoms with van der Waals surface area (Å²) in [7, 11) is 0. The molecule has 1 heterocycles. The molecule has 20 heavy (non-hydrogen) atoms. The number of hydrogen-bond donors (Lipinski definition) is 1. The van der Waals surface area contributed by atoms with Crippen LogP contribution in [0.25, 0.3) is 0 Å². The Morgan fingerprint density at radius 2 is 1.55 bits per heavy atom. The zero-order valence-corrected chi connectivity index (χ0v) is 10.8. The Balaban J connectivity index is 1.77. The van der Waals surface area contributed by atoms with E-state index in [1.165, 1.54) is 0 Å². The number of hydrogen-bond acceptors (Lipinski definition) is 3. The van der Waals surface area contributed by atoms with Crippen molar-refractivity contribution in [2.75, 3.05) is 0 Å². The summed E-state index contributed by atoms with van der Waals surface area (Å²) in [5.41, 5.74) is 2.84. The maximum atomic E-state index is 12.2. The molecule has 1 aliphatic heterocycles. The number of carbonyl (C=O) groups excluding carboxylic acids is 3. The molecule has 0 unspecified atom stereocenters. The van der Waals surface area contributed by atoms with Crippen LogP contribution in [0.2, 0.25) is 0 Å². The highest BCUT2D eigenvalue weighted by Crippen LogP contribution is 2.34. The minimum atomic E-state index is -0.445. The van der Waals surface area contributed by atoms with Gasteiger partial charge in [0, 0.05) is 5.56 Å². The van der Waals surface area contributed by atoms with E-state index in [0.29, 0.717) is 18.4 Å². The lowest BCUT2D eigenvalue weighted by Crippen LogP contribution is -2.46. The maximum absolute atomic E-state index is 12.2. The topological polar surface area (TPSA) is 66.5 Å². The number of nitrogens with one attached hydrogen (secondary N) is 1. The van der Waals surface area contributed by atoms with Gasteiger partial charge in [0.1, 0.15) is 0 Å². The predicted octanol–water partition coefficient (Wildman–Crippen LogP) is 1.28. The van der Waals surface area contributed by atoms with Crippen molar-refractivity contribution in [1.29, 1.82) is 0 Å². The van der Waals surface area contributed by atoms with Gasteiger partial charge in [0.25, 0.3) is 17.7 Å². The summed E-state index contributed by atoms with van der Waals surface area (Å²) in [6.45, 7) is 0. The molecule has 2 atom stereocenters.